The predicted octanol–water partition coefficient (Wildman–Crippen LogP) is 2.08. The van der Waals surface area contributed by atoms with Crippen LogP contribution < -0.4 is 5.73 Å². The number of hydrogen-bond acceptors (Lipinski definition) is 2. The van der Waals surface area contributed by atoms with Crippen molar-refractivity contribution in [3.8, 4) is 0 Å². The maximum absolute atomic E-state index is 12.3. The number of nitrogens with two attached hydrogens (primary N) is 1. The maximum atomic E-state index is 12.3. The lowest BCUT2D eigenvalue weighted by Gasteiger charge is -2.08. The number of hydrogen-bond donors (Lipinski definition) is 1. The lowest BCUT2D eigenvalue weighted by Crippen LogP contribution is -2.15. The summed E-state index contributed by atoms with van der Waals surface area (Å²) in [4.78, 5) is 14.5. The van der Waals surface area contributed by atoms with E-state index in [4.69, 9.17) is 17.3 Å². The number of carbonyl (C=O) groups is 1. The molecule has 1 aromatic rings. The Morgan fingerprint density at radius 2 is 2.21 bits per heavy atom. The number of carbonyl (C=O) groups excluding carboxylic acids is 1. The fourth-order valence-corrected chi connectivity index (χ4v) is 1.39. The first-order valence-electron chi connectivity index (χ1n) is 3.68. The number of aryl methyl sites for hydroxylation is 1. The van der Waals surface area contributed by atoms with E-state index >= 15 is 0 Å². The smallest absolute Gasteiger partial charge is 0.266 e. The third-order valence-corrected chi connectivity index (χ3v) is 2.12. The summed E-state index contributed by atoms with van der Waals surface area (Å²) in [6, 6.07) is 0. The van der Waals surface area contributed by atoms with E-state index in [0.29, 0.717) is 0 Å². The normalized spacial score (nSPS) is 10.6. The van der Waals surface area contributed by atoms with Gasteiger partial charge in [-0.05, 0) is 6.92 Å². The summed E-state index contributed by atoms with van der Waals surface area (Å²) in [6.45, 7) is 1.47. The first-order chi connectivity index (χ1) is 6.45. The van der Waals surface area contributed by atoms with Gasteiger partial charge in [-0.3, -0.25) is 9.78 Å². The summed E-state index contributed by atoms with van der Waals surface area (Å²) in [5.74, 6) is -0.859. The molecule has 6 heteroatoms. The highest BCUT2D eigenvalue weighted by atomic mass is 35.5. The summed E-state index contributed by atoms with van der Waals surface area (Å²) < 4.78 is 24.7. The quantitative estimate of drug-likeness (QED) is 0.830. The van der Waals surface area contributed by atoms with Gasteiger partial charge in [-0.1, -0.05) is 11.6 Å². The van der Waals surface area contributed by atoms with Gasteiger partial charge < -0.3 is 5.73 Å². The first-order valence-corrected chi connectivity index (χ1v) is 4.06. The van der Waals surface area contributed by atoms with Crippen molar-refractivity contribution in [1.82, 2.24) is 4.98 Å². The van der Waals surface area contributed by atoms with Crippen LogP contribution in [-0.4, -0.2) is 10.9 Å². The van der Waals surface area contributed by atoms with Gasteiger partial charge >= 0.3 is 0 Å². The molecule has 3 nitrogen and oxygen atoms in total. The number of halogens is 3. The van der Waals surface area contributed by atoms with Crippen LogP contribution in [0.2, 0.25) is 5.02 Å². The van der Waals surface area contributed by atoms with Gasteiger partial charge in [0, 0.05) is 6.20 Å². The molecule has 0 atom stereocenters. The Kier molecular flexibility index (Phi) is 3.00. The van der Waals surface area contributed by atoms with Crippen LogP contribution in [0.25, 0.3) is 0 Å². The molecule has 0 fully saturated rings. The standard InChI is InChI=1S/C8H7ClF2N2O/c1-3-5(8(12)14)6(9)4(2-13-3)7(10)11/h2,7H,1H3,(H2,12,14). The van der Waals surface area contributed by atoms with Crippen molar-refractivity contribution in [2.45, 2.75) is 13.3 Å². The molecule has 0 aromatic carbocycles. The van der Waals surface area contributed by atoms with Crippen molar-refractivity contribution < 1.29 is 13.6 Å². The van der Waals surface area contributed by atoms with Crippen LogP contribution in [0.5, 0.6) is 0 Å². The summed E-state index contributed by atoms with van der Waals surface area (Å²) in [6.07, 6.45) is -1.83. The van der Waals surface area contributed by atoms with E-state index in [1.807, 2.05) is 0 Å². The van der Waals surface area contributed by atoms with E-state index in [1.54, 1.807) is 0 Å². The van der Waals surface area contributed by atoms with Gasteiger partial charge in [-0.25, -0.2) is 8.78 Å². The number of aromatic nitrogens is 1. The van der Waals surface area contributed by atoms with E-state index in [-0.39, 0.29) is 16.3 Å². The van der Waals surface area contributed by atoms with Gasteiger partial charge in [0.2, 0.25) is 0 Å². The topological polar surface area (TPSA) is 56.0 Å². The van der Waals surface area contributed by atoms with Crippen molar-refractivity contribution in [2.24, 2.45) is 5.73 Å². The zero-order valence-corrected chi connectivity index (χ0v) is 7.98. The lowest BCUT2D eigenvalue weighted by atomic mass is 10.1. The second-order valence-corrected chi connectivity index (χ2v) is 3.03. The van der Waals surface area contributed by atoms with Crippen molar-refractivity contribution in [2.75, 3.05) is 0 Å². The summed E-state index contributed by atoms with van der Waals surface area (Å²) >= 11 is 5.58. The highest BCUT2D eigenvalue weighted by Crippen LogP contribution is 2.29. The highest BCUT2D eigenvalue weighted by molar-refractivity contribution is 6.34. The van der Waals surface area contributed by atoms with Gasteiger partial charge in [-0.15, -0.1) is 0 Å². The monoisotopic (exact) mass is 220 g/mol. The van der Waals surface area contributed by atoms with Crippen LogP contribution in [0.3, 0.4) is 0 Å². The Morgan fingerprint density at radius 1 is 1.64 bits per heavy atom. The summed E-state index contributed by atoms with van der Waals surface area (Å²) in [7, 11) is 0. The molecule has 0 radical (unpaired) electrons. The molecule has 0 unspecified atom stereocenters. The molecule has 1 aromatic heterocycles. The average molecular weight is 221 g/mol. The number of amides is 1. The number of alkyl halides is 2. The zero-order valence-electron chi connectivity index (χ0n) is 7.22. The Hall–Kier alpha value is -1.23. The Labute approximate surface area is 83.9 Å². The third-order valence-electron chi connectivity index (χ3n) is 1.71. The minimum Gasteiger partial charge on any atom is -0.365 e. The van der Waals surface area contributed by atoms with Gasteiger partial charge in [0.1, 0.15) is 0 Å². The Balaban J connectivity index is 3.41. The molecule has 0 aliphatic carbocycles. The van der Waals surface area contributed by atoms with Gasteiger partial charge in [-0.2, -0.15) is 0 Å². The van der Waals surface area contributed by atoms with E-state index in [0.717, 1.165) is 6.20 Å². The van der Waals surface area contributed by atoms with Gasteiger partial charge in [0.15, 0.2) is 0 Å². The van der Waals surface area contributed by atoms with Crippen LogP contribution in [0, 0.1) is 6.92 Å². The van der Waals surface area contributed by atoms with Crippen LogP contribution in [0.1, 0.15) is 28.0 Å². The van der Waals surface area contributed by atoms with Crippen molar-refractivity contribution in [1.29, 1.82) is 0 Å². The molecule has 0 spiro atoms. The van der Waals surface area contributed by atoms with E-state index < -0.39 is 17.9 Å². The van der Waals surface area contributed by atoms with Crippen LogP contribution in [0.15, 0.2) is 6.20 Å². The SMILES string of the molecule is Cc1ncc(C(F)F)c(Cl)c1C(N)=O. The molecule has 0 saturated carbocycles. The number of nitrogens with zero attached hydrogens (tertiary/aromatic N) is 1. The van der Waals surface area contributed by atoms with E-state index in [9.17, 15) is 13.6 Å². The van der Waals surface area contributed by atoms with Gasteiger partial charge in [0.25, 0.3) is 12.3 Å². The molecule has 1 amide bonds. The maximum Gasteiger partial charge on any atom is 0.266 e. The largest absolute Gasteiger partial charge is 0.365 e. The summed E-state index contributed by atoms with van der Waals surface area (Å²) in [5, 5.41) is -0.319. The first kappa shape index (κ1) is 10.8. The Morgan fingerprint density at radius 3 is 2.64 bits per heavy atom. The number of pyridine rings is 1. The van der Waals surface area contributed by atoms with Crippen LogP contribution >= 0.6 is 11.6 Å². The van der Waals surface area contributed by atoms with Crippen molar-refractivity contribution >= 4 is 17.5 Å². The highest BCUT2D eigenvalue weighted by Gasteiger charge is 2.20. The molecular formula is C8H7ClF2N2O. The molecule has 76 valence electrons. The predicted molar refractivity (Wildman–Crippen MR) is 47.5 cm³/mol. The fraction of sp³-hybridized carbons (Fsp3) is 0.250. The second-order valence-electron chi connectivity index (χ2n) is 2.65. The van der Waals surface area contributed by atoms with Gasteiger partial charge in [0.05, 0.1) is 21.8 Å². The number of rotatable bonds is 2. The molecular weight excluding hydrogens is 214 g/mol. The van der Waals surface area contributed by atoms with Crippen molar-refractivity contribution in [3.05, 3.63) is 28.0 Å². The lowest BCUT2D eigenvalue weighted by molar-refractivity contribution is 0.0999. The minimum absolute atomic E-state index is 0.149. The number of primary amides is 1. The summed E-state index contributed by atoms with van der Waals surface area (Å²) in [5.41, 5.74) is 4.59. The third kappa shape index (κ3) is 1.82. The van der Waals surface area contributed by atoms with Crippen LogP contribution in [-0.2, 0) is 0 Å². The molecule has 1 rings (SSSR count). The molecule has 0 bridgehead atoms. The Bertz CT molecular complexity index is 382. The minimum atomic E-state index is -2.77. The van der Waals surface area contributed by atoms with Crippen molar-refractivity contribution in [3.63, 3.8) is 0 Å². The zero-order chi connectivity index (χ0) is 10.9. The molecule has 0 saturated heterocycles. The fourth-order valence-electron chi connectivity index (χ4n) is 1.03. The average Bonchev–Trinajstić information content (AvgIpc) is 2.02. The molecule has 14 heavy (non-hydrogen) atoms. The second kappa shape index (κ2) is 3.88. The molecule has 0 aliphatic heterocycles. The van der Waals surface area contributed by atoms with Crippen LogP contribution in [0.4, 0.5) is 8.78 Å². The van der Waals surface area contributed by atoms with E-state index in [2.05, 4.69) is 4.98 Å². The molecule has 2 N–H and O–H groups in total. The molecule has 0 aliphatic rings. The van der Waals surface area contributed by atoms with E-state index in [1.165, 1.54) is 6.92 Å². The molecule has 1 heterocycles.